The fourth-order valence-corrected chi connectivity index (χ4v) is 3.68. The Hall–Kier alpha value is -1.38. The van der Waals surface area contributed by atoms with Crippen molar-refractivity contribution >= 4 is 34.9 Å². The average molecular weight is 353 g/mol. The predicted octanol–water partition coefficient (Wildman–Crippen LogP) is 4.49. The van der Waals surface area contributed by atoms with Gasteiger partial charge in [0.2, 0.25) is 5.89 Å². The van der Waals surface area contributed by atoms with E-state index in [0.717, 1.165) is 22.0 Å². The van der Waals surface area contributed by atoms with Gasteiger partial charge in [0.25, 0.3) is 5.22 Å². The lowest BCUT2D eigenvalue weighted by molar-refractivity contribution is 0.426. The maximum atomic E-state index is 12.9. The summed E-state index contributed by atoms with van der Waals surface area (Å²) in [5.74, 6) is 1.78. The average Bonchev–Trinajstić information content (AvgIpc) is 3.16. The third kappa shape index (κ3) is 3.88. The molecule has 8 heteroatoms. The number of benzene rings is 1. The first kappa shape index (κ1) is 15.5. The number of rotatable bonds is 6. The Morgan fingerprint density at radius 3 is 2.77 bits per heavy atom. The molecule has 0 aliphatic rings. The Labute approximate surface area is 139 Å². The van der Waals surface area contributed by atoms with Crippen LogP contribution in [0, 0.1) is 5.82 Å². The SMILES string of the molecule is CSCc1nnc(SCc2csc(-c3ccc(F)cc3)n2)o1. The molecule has 0 amide bonds. The normalized spacial score (nSPS) is 11.0. The van der Waals surface area contributed by atoms with Gasteiger partial charge in [0.15, 0.2) is 0 Å². The van der Waals surface area contributed by atoms with E-state index in [9.17, 15) is 4.39 Å². The van der Waals surface area contributed by atoms with Gasteiger partial charge in [-0.2, -0.15) is 11.8 Å². The summed E-state index contributed by atoms with van der Waals surface area (Å²) in [7, 11) is 0. The molecule has 114 valence electrons. The van der Waals surface area contributed by atoms with Gasteiger partial charge in [-0.3, -0.25) is 0 Å². The highest BCUT2D eigenvalue weighted by molar-refractivity contribution is 7.98. The van der Waals surface area contributed by atoms with Gasteiger partial charge in [-0.15, -0.1) is 21.5 Å². The molecule has 0 aliphatic carbocycles. The largest absolute Gasteiger partial charge is 0.415 e. The van der Waals surface area contributed by atoms with Crippen LogP contribution in [-0.4, -0.2) is 21.4 Å². The van der Waals surface area contributed by atoms with Gasteiger partial charge in [0.05, 0.1) is 11.4 Å². The van der Waals surface area contributed by atoms with E-state index in [4.69, 9.17) is 4.42 Å². The Bertz CT molecular complexity index is 742. The van der Waals surface area contributed by atoms with E-state index >= 15 is 0 Å². The fraction of sp³-hybridized carbons (Fsp3) is 0.214. The van der Waals surface area contributed by atoms with Crippen molar-refractivity contribution in [3.63, 3.8) is 0 Å². The Balaban J connectivity index is 1.62. The summed E-state index contributed by atoms with van der Waals surface area (Å²) < 4.78 is 18.4. The Morgan fingerprint density at radius 2 is 2.00 bits per heavy atom. The van der Waals surface area contributed by atoms with E-state index in [0.29, 0.717) is 16.9 Å². The number of thiazole rings is 1. The van der Waals surface area contributed by atoms with Gasteiger partial charge >= 0.3 is 0 Å². The number of hydrogen-bond acceptors (Lipinski definition) is 7. The molecule has 3 aromatic rings. The Kier molecular flexibility index (Phi) is 5.12. The predicted molar refractivity (Wildman–Crippen MR) is 88.6 cm³/mol. The lowest BCUT2D eigenvalue weighted by Crippen LogP contribution is -1.82. The molecule has 0 N–H and O–H groups in total. The van der Waals surface area contributed by atoms with Crippen LogP contribution in [0.3, 0.4) is 0 Å². The second kappa shape index (κ2) is 7.26. The summed E-state index contributed by atoms with van der Waals surface area (Å²) in [4.78, 5) is 4.55. The molecular formula is C14H12FN3OS3. The topological polar surface area (TPSA) is 51.8 Å². The van der Waals surface area contributed by atoms with Crippen molar-refractivity contribution in [2.24, 2.45) is 0 Å². The van der Waals surface area contributed by atoms with Crippen molar-refractivity contribution in [1.82, 2.24) is 15.2 Å². The minimum atomic E-state index is -0.242. The lowest BCUT2D eigenvalue weighted by Gasteiger charge is -1.95. The zero-order valence-electron chi connectivity index (χ0n) is 11.7. The molecule has 0 radical (unpaired) electrons. The molecule has 2 aromatic heterocycles. The first-order valence-corrected chi connectivity index (χ1v) is 9.65. The highest BCUT2D eigenvalue weighted by Gasteiger charge is 2.09. The van der Waals surface area contributed by atoms with Crippen LogP contribution in [0.2, 0.25) is 0 Å². The molecule has 0 bridgehead atoms. The van der Waals surface area contributed by atoms with E-state index in [1.807, 2.05) is 11.6 Å². The third-order valence-corrected chi connectivity index (χ3v) is 5.03. The van der Waals surface area contributed by atoms with E-state index in [2.05, 4.69) is 15.2 Å². The van der Waals surface area contributed by atoms with Crippen LogP contribution in [-0.2, 0) is 11.5 Å². The molecule has 0 saturated heterocycles. The highest BCUT2D eigenvalue weighted by Crippen LogP contribution is 2.27. The molecular weight excluding hydrogens is 341 g/mol. The first-order valence-electron chi connectivity index (χ1n) is 6.39. The second-order valence-electron chi connectivity index (χ2n) is 4.33. The van der Waals surface area contributed by atoms with Crippen LogP contribution in [0.25, 0.3) is 10.6 Å². The van der Waals surface area contributed by atoms with Crippen molar-refractivity contribution < 1.29 is 8.81 Å². The smallest absolute Gasteiger partial charge is 0.276 e. The van der Waals surface area contributed by atoms with Gasteiger partial charge in [0, 0.05) is 16.7 Å². The highest BCUT2D eigenvalue weighted by atomic mass is 32.2. The minimum absolute atomic E-state index is 0.242. The zero-order chi connectivity index (χ0) is 15.4. The van der Waals surface area contributed by atoms with Crippen molar-refractivity contribution in [2.45, 2.75) is 16.7 Å². The van der Waals surface area contributed by atoms with Crippen LogP contribution in [0.5, 0.6) is 0 Å². The standard InChI is InChI=1S/C14H12FN3OS3/c1-20-8-12-17-18-14(19-12)22-7-11-6-21-13(16-11)9-2-4-10(15)5-3-9/h2-6H,7-8H2,1H3. The van der Waals surface area contributed by atoms with Gasteiger partial charge in [-0.1, -0.05) is 11.8 Å². The van der Waals surface area contributed by atoms with Crippen molar-refractivity contribution in [3.8, 4) is 10.6 Å². The number of thioether (sulfide) groups is 2. The number of halogens is 1. The van der Waals surface area contributed by atoms with Crippen LogP contribution in [0.15, 0.2) is 39.3 Å². The Morgan fingerprint density at radius 1 is 1.18 bits per heavy atom. The first-order chi connectivity index (χ1) is 10.7. The number of nitrogens with zero attached hydrogens (tertiary/aromatic N) is 3. The minimum Gasteiger partial charge on any atom is -0.415 e. The second-order valence-corrected chi connectivity index (χ2v) is 6.99. The van der Waals surface area contributed by atoms with Crippen LogP contribution < -0.4 is 0 Å². The van der Waals surface area contributed by atoms with E-state index in [-0.39, 0.29) is 5.82 Å². The van der Waals surface area contributed by atoms with Gasteiger partial charge in [-0.25, -0.2) is 9.37 Å². The molecule has 0 saturated carbocycles. The molecule has 0 unspecified atom stereocenters. The molecule has 1 aromatic carbocycles. The van der Waals surface area contributed by atoms with Crippen LogP contribution >= 0.6 is 34.9 Å². The maximum absolute atomic E-state index is 12.9. The molecule has 4 nitrogen and oxygen atoms in total. The van der Waals surface area contributed by atoms with Gasteiger partial charge < -0.3 is 4.42 Å². The lowest BCUT2D eigenvalue weighted by atomic mass is 10.2. The molecule has 2 heterocycles. The molecule has 0 aliphatic heterocycles. The van der Waals surface area contributed by atoms with Gasteiger partial charge in [-0.05, 0) is 30.5 Å². The van der Waals surface area contributed by atoms with Crippen LogP contribution in [0.1, 0.15) is 11.6 Å². The molecule has 22 heavy (non-hydrogen) atoms. The number of aromatic nitrogens is 3. The van der Waals surface area contributed by atoms with E-state index in [1.54, 1.807) is 35.2 Å². The van der Waals surface area contributed by atoms with Crippen molar-refractivity contribution in [1.29, 1.82) is 0 Å². The molecule has 0 fully saturated rings. The molecule has 0 atom stereocenters. The van der Waals surface area contributed by atoms with Gasteiger partial charge in [0.1, 0.15) is 10.8 Å². The monoisotopic (exact) mass is 353 g/mol. The van der Waals surface area contributed by atoms with Crippen molar-refractivity contribution in [3.05, 3.63) is 47.0 Å². The summed E-state index contributed by atoms with van der Waals surface area (Å²) in [6.07, 6.45) is 1.99. The summed E-state index contributed by atoms with van der Waals surface area (Å²) in [6, 6.07) is 6.35. The van der Waals surface area contributed by atoms with E-state index < -0.39 is 0 Å². The maximum Gasteiger partial charge on any atom is 0.276 e. The zero-order valence-corrected chi connectivity index (χ0v) is 14.1. The summed E-state index contributed by atoms with van der Waals surface area (Å²) in [6.45, 7) is 0. The molecule has 0 spiro atoms. The number of hydrogen-bond donors (Lipinski definition) is 0. The fourth-order valence-electron chi connectivity index (χ4n) is 1.71. The third-order valence-electron chi connectivity index (χ3n) is 2.70. The van der Waals surface area contributed by atoms with Crippen molar-refractivity contribution in [2.75, 3.05) is 6.26 Å². The quantitative estimate of drug-likeness (QED) is 0.609. The van der Waals surface area contributed by atoms with Crippen LogP contribution in [0.4, 0.5) is 4.39 Å². The summed E-state index contributed by atoms with van der Waals surface area (Å²) in [5, 5.41) is 11.4. The summed E-state index contributed by atoms with van der Waals surface area (Å²) in [5.41, 5.74) is 1.86. The molecule has 3 rings (SSSR count). The van der Waals surface area contributed by atoms with E-state index in [1.165, 1.54) is 23.9 Å². The summed E-state index contributed by atoms with van der Waals surface area (Å²) >= 11 is 4.65.